The van der Waals surface area contributed by atoms with Crippen molar-refractivity contribution in [1.82, 2.24) is 4.98 Å². The third kappa shape index (κ3) is 6.32. The molecule has 0 amide bonds. The van der Waals surface area contributed by atoms with E-state index in [0.717, 1.165) is 12.3 Å². The summed E-state index contributed by atoms with van der Waals surface area (Å²) in [5.74, 6) is 0.775. The second kappa shape index (κ2) is 7.78. The minimum absolute atomic E-state index is 0.775. The molecular formula is C12H21N. The summed E-state index contributed by atoms with van der Waals surface area (Å²) in [5.41, 5.74) is 1.21. The first kappa shape index (κ1) is 12.2. The van der Waals surface area contributed by atoms with E-state index in [2.05, 4.69) is 24.9 Å². The molecule has 1 aromatic heterocycles. The van der Waals surface area contributed by atoms with Crippen LogP contribution in [0.4, 0.5) is 0 Å². The number of hydrogen-bond donors (Lipinski definition) is 0. The van der Waals surface area contributed by atoms with Gasteiger partial charge < -0.3 is 0 Å². The van der Waals surface area contributed by atoms with Crippen LogP contribution < -0.4 is 0 Å². The molecule has 0 saturated carbocycles. The standard InChI is InChI=1S/C10H15N.C2H6/c1-9(2)6-7-10-5-3-4-8-11-10;1-2/h3-5,8-9H,6-7H2,1-2H3;1-2H3. The quantitative estimate of drug-likeness (QED) is 0.689. The summed E-state index contributed by atoms with van der Waals surface area (Å²) in [5, 5.41) is 0. The molecule has 0 fully saturated rings. The van der Waals surface area contributed by atoms with Gasteiger partial charge in [-0.3, -0.25) is 4.98 Å². The Labute approximate surface area is 82.2 Å². The van der Waals surface area contributed by atoms with E-state index >= 15 is 0 Å². The molecule has 0 atom stereocenters. The molecule has 0 unspecified atom stereocenters. The van der Waals surface area contributed by atoms with Gasteiger partial charge in [0.25, 0.3) is 0 Å². The highest BCUT2D eigenvalue weighted by Gasteiger charge is 1.95. The zero-order chi connectivity index (χ0) is 10.1. The maximum atomic E-state index is 4.25. The highest BCUT2D eigenvalue weighted by molar-refractivity contribution is 5.03. The highest BCUT2D eigenvalue weighted by Crippen LogP contribution is 2.05. The lowest BCUT2D eigenvalue weighted by molar-refractivity contribution is 0.581. The number of hydrogen-bond acceptors (Lipinski definition) is 1. The fourth-order valence-corrected chi connectivity index (χ4v) is 0.983. The molecule has 1 aromatic rings. The minimum Gasteiger partial charge on any atom is -0.261 e. The van der Waals surface area contributed by atoms with E-state index < -0.39 is 0 Å². The smallest absolute Gasteiger partial charge is 0.0403 e. The van der Waals surface area contributed by atoms with Crippen molar-refractivity contribution in [2.75, 3.05) is 0 Å². The van der Waals surface area contributed by atoms with Crippen LogP contribution in [-0.4, -0.2) is 4.98 Å². The van der Waals surface area contributed by atoms with E-state index in [1.807, 2.05) is 32.2 Å². The molecule has 0 saturated heterocycles. The molecule has 1 heterocycles. The lowest BCUT2D eigenvalue weighted by atomic mass is 10.1. The third-order valence-corrected chi connectivity index (χ3v) is 1.70. The van der Waals surface area contributed by atoms with Gasteiger partial charge in [0.1, 0.15) is 0 Å². The predicted octanol–water partition coefficient (Wildman–Crippen LogP) is 3.70. The van der Waals surface area contributed by atoms with Crippen LogP contribution in [0.5, 0.6) is 0 Å². The van der Waals surface area contributed by atoms with Crippen molar-refractivity contribution in [3.05, 3.63) is 30.1 Å². The van der Waals surface area contributed by atoms with Gasteiger partial charge in [0.2, 0.25) is 0 Å². The Morgan fingerprint density at radius 3 is 2.38 bits per heavy atom. The van der Waals surface area contributed by atoms with E-state index in [0.29, 0.717) is 0 Å². The minimum atomic E-state index is 0.775. The monoisotopic (exact) mass is 179 g/mol. The van der Waals surface area contributed by atoms with Crippen molar-refractivity contribution in [2.45, 2.75) is 40.5 Å². The summed E-state index contributed by atoms with van der Waals surface area (Å²) >= 11 is 0. The van der Waals surface area contributed by atoms with E-state index in [-0.39, 0.29) is 0 Å². The molecular weight excluding hydrogens is 158 g/mol. The fraction of sp³-hybridized carbons (Fsp3) is 0.583. The second-order valence-corrected chi connectivity index (χ2v) is 3.25. The summed E-state index contributed by atoms with van der Waals surface area (Å²) in [6, 6.07) is 6.09. The zero-order valence-corrected chi connectivity index (χ0v) is 9.25. The van der Waals surface area contributed by atoms with Crippen LogP contribution in [0.25, 0.3) is 0 Å². The molecule has 0 N–H and O–H groups in total. The van der Waals surface area contributed by atoms with Crippen molar-refractivity contribution in [1.29, 1.82) is 0 Å². The average Bonchev–Trinajstić information content (AvgIpc) is 2.19. The Morgan fingerprint density at radius 1 is 1.23 bits per heavy atom. The van der Waals surface area contributed by atoms with Crippen molar-refractivity contribution in [3.8, 4) is 0 Å². The van der Waals surface area contributed by atoms with E-state index in [1.165, 1.54) is 12.1 Å². The maximum absolute atomic E-state index is 4.25. The summed E-state index contributed by atoms with van der Waals surface area (Å²) < 4.78 is 0. The van der Waals surface area contributed by atoms with Gasteiger partial charge in [0.05, 0.1) is 0 Å². The number of nitrogens with zero attached hydrogens (tertiary/aromatic N) is 1. The van der Waals surface area contributed by atoms with Gasteiger partial charge in [-0.2, -0.15) is 0 Å². The summed E-state index contributed by atoms with van der Waals surface area (Å²) in [6.45, 7) is 8.48. The first-order valence-electron chi connectivity index (χ1n) is 5.19. The fourth-order valence-electron chi connectivity index (χ4n) is 0.983. The normalized spacial score (nSPS) is 9.31. The first-order chi connectivity index (χ1) is 6.29. The Bertz CT molecular complexity index is 192. The van der Waals surface area contributed by atoms with Crippen LogP contribution in [0.3, 0.4) is 0 Å². The Balaban J connectivity index is 0.000000671. The van der Waals surface area contributed by atoms with Crippen molar-refractivity contribution < 1.29 is 0 Å². The average molecular weight is 179 g/mol. The molecule has 0 radical (unpaired) electrons. The van der Waals surface area contributed by atoms with Gasteiger partial charge in [-0.05, 0) is 30.9 Å². The van der Waals surface area contributed by atoms with Crippen LogP contribution >= 0.6 is 0 Å². The Kier molecular flexibility index (Phi) is 7.27. The maximum Gasteiger partial charge on any atom is 0.0403 e. The third-order valence-electron chi connectivity index (χ3n) is 1.70. The van der Waals surface area contributed by atoms with Crippen LogP contribution in [0.2, 0.25) is 0 Å². The first-order valence-corrected chi connectivity index (χ1v) is 5.19. The molecule has 0 aromatic carbocycles. The summed E-state index contributed by atoms with van der Waals surface area (Å²) in [6.07, 6.45) is 4.20. The number of aromatic nitrogens is 1. The molecule has 13 heavy (non-hydrogen) atoms. The molecule has 1 heteroatoms. The molecule has 0 aliphatic heterocycles. The van der Waals surface area contributed by atoms with Gasteiger partial charge in [-0.15, -0.1) is 0 Å². The SMILES string of the molecule is CC.CC(C)CCc1ccccn1. The lowest BCUT2D eigenvalue weighted by Crippen LogP contribution is -1.93. The van der Waals surface area contributed by atoms with Gasteiger partial charge in [-0.1, -0.05) is 33.8 Å². The lowest BCUT2D eigenvalue weighted by Gasteiger charge is -2.02. The topological polar surface area (TPSA) is 12.9 Å². The van der Waals surface area contributed by atoms with Crippen molar-refractivity contribution in [2.24, 2.45) is 5.92 Å². The van der Waals surface area contributed by atoms with E-state index in [9.17, 15) is 0 Å². The van der Waals surface area contributed by atoms with Gasteiger partial charge >= 0.3 is 0 Å². The highest BCUT2D eigenvalue weighted by atomic mass is 14.7. The van der Waals surface area contributed by atoms with E-state index in [4.69, 9.17) is 0 Å². The largest absolute Gasteiger partial charge is 0.261 e. The summed E-state index contributed by atoms with van der Waals surface area (Å²) in [4.78, 5) is 4.25. The molecule has 0 aliphatic rings. The molecule has 1 nitrogen and oxygen atoms in total. The zero-order valence-electron chi connectivity index (χ0n) is 9.25. The van der Waals surface area contributed by atoms with E-state index in [1.54, 1.807) is 0 Å². The number of pyridine rings is 1. The van der Waals surface area contributed by atoms with Crippen molar-refractivity contribution >= 4 is 0 Å². The predicted molar refractivity (Wildman–Crippen MR) is 58.7 cm³/mol. The number of aryl methyl sites for hydroxylation is 1. The molecule has 0 spiro atoms. The number of rotatable bonds is 3. The van der Waals surface area contributed by atoms with Crippen LogP contribution in [0.1, 0.15) is 39.8 Å². The van der Waals surface area contributed by atoms with Gasteiger partial charge in [-0.25, -0.2) is 0 Å². The second-order valence-electron chi connectivity index (χ2n) is 3.25. The van der Waals surface area contributed by atoms with Crippen molar-refractivity contribution in [3.63, 3.8) is 0 Å². The Morgan fingerprint density at radius 2 is 1.92 bits per heavy atom. The van der Waals surface area contributed by atoms with Gasteiger partial charge in [0.15, 0.2) is 0 Å². The molecule has 0 bridgehead atoms. The molecule has 0 aliphatic carbocycles. The molecule has 1 rings (SSSR count). The van der Waals surface area contributed by atoms with Crippen LogP contribution in [-0.2, 0) is 6.42 Å². The molecule has 74 valence electrons. The Hall–Kier alpha value is -0.850. The van der Waals surface area contributed by atoms with Crippen LogP contribution in [0, 0.1) is 5.92 Å². The van der Waals surface area contributed by atoms with Crippen LogP contribution in [0.15, 0.2) is 24.4 Å². The van der Waals surface area contributed by atoms with Gasteiger partial charge in [0, 0.05) is 11.9 Å². The summed E-state index contributed by atoms with van der Waals surface area (Å²) in [7, 11) is 0.